The van der Waals surface area contributed by atoms with Crippen LogP contribution in [0.15, 0.2) is 24.4 Å². The smallest absolute Gasteiger partial charge is 0.151 e. The van der Waals surface area contributed by atoms with E-state index in [-0.39, 0.29) is 0 Å². The van der Waals surface area contributed by atoms with Gasteiger partial charge in [0, 0.05) is 46.0 Å². The molecular weight excluding hydrogens is 264 g/mol. The van der Waals surface area contributed by atoms with Crippen molar-refractivity contribution in [3.8, 4) is 0 Å². The Kier molecular flexibility index (Phi) is 3.79. The molecule has 2 N–H and O–H groups in total. The molecule has 0 spiro atoms. The van der Waals surface area contributed by atoms with Crippen LogP contribution in [-0.4, -0.2) is 45.8 Å². The van der Waals surface area contributed by atoms with Crippen molar-refractivity contribution in [2.45, 2.75) is 13.5 Å². The first-order valence-electron chi connectivity index (χ1n) is 7.31. The number of aryl methyl sites for hydroxylation is 2. The molecule has 2 aromatic heterocycles. The molecule has 0 bridgehead atoms. The molecular formula is C15H22N6. The molecule has 1 saturated heterocycles. The van der Waals surface area contributed by atoms with Crippen LogP contribution < -0.4 is 10.6 Å². The van der Waals surface area contributed by atoms with E-state index in [0.717, 1.165) is 49.9 Å². The molecule has 1 aliphatic rings. The Morgan fingerprint density at radius 2 is 2.00 bits per heavy atom. The summed E-state index contributed by atoms with van der Waals surface area (Å²) in [6, 6.07) is 5.94. The topological polar surface area (TPSA) is 63.2 Å². The van der Waals surface area contributed by atoms with Crippen LogP contribution in [0.4, 0.5) is 11.5 Å². The number of pyridine rings is 1. The normalized spacial score (nSPS) is 16.4. The van der Waals surface area contributed by atoms with Gasteiger partial charge in [0.2, 0.25) is 0 Å². The van der Waals surface area contributed by atoms with Crippen LogP contribution in [0, 0.1) is 6.92 Å². The highest BCUT2D eigenvalue weighted by molar-refractivity contribution is 5.62. The van der Waals surface area contributed by atoms with Gasteiger partial charge < -0.3 is 10.6 Å². The average Bonchev–Trinajstić information content (AvgIpc) is 2.78. The van der Waals surface area contributed by atoms with E-state index in [1.54, 1.807) is 6.20 Å². The van der Waals surface area contributed by atoms with Gasteiger partial charge in [-0.3, -0.25) is 9.58 Å². The predicted molar refractivity (Wildman–Crippen MR) is 84.1 cm³/mol. The Hall–Kier alpha value is -2.08. The zero-order valence-corrected chi connectivity index (χ0v) is 12.7. The summed E-state index contributed by atoms with van der Waals surface area (Å²) in [5.74, 6) is 0.911. The van der Waals surface area contributed by atoms with Crippen LogP contribution in [0.1, 0.15) is 11.4 Å². The summed E-state index contributed by atoms with van der Waals surface area (Å²) >= 11 is 0. The van der Waals surface area contributed by atoms with E-state index in [0.29, 0.717) is 0 Å². The van der Waals surface area contributed by atoms with Gasteiger partial charge in [-0.25, -0.2) is 4.98 Å². The first kappa shape index (κ1) is 13.9. The van der Waals surface area contributed by atoms with Crippen LogP contribution in [-0.2, 0) is 13.6 Å². The lowest BCUT2D eigenvalue weighted by molar-refractivity contribution is 0.243. The average molecular weight is 286 g/mol. The Bertz CT molecular complexity index is 612. The third-order valence-electron chi connectivity index (χ3n) is 3.97. The summed E-state index contributed by atoms with van der Waals surface area (Å²) in [5, 5.41) is 4.40. The van der Waals surface area contributed by atoms with Crippen molar-refractivity contribution in [3.05, 3.63) is 35.8 Å². The number of rotatable bonds is 3. The van der Waals surface area contributed by atoms with Crippen molar-refractivity contribution in [1.82, 2.24) is 19.7 Å². The zero-order valence-electron chi connectivity index (χ0n) is 12.7. The lowest BCUT2D eigenvalue weighted by Crippen LogP contribution is -2.46. The lowest BCUT2D eigenvalue weighted by atomic mass is 10.2. The molecule has 21 heavy (non-hydrogen) atoms. The van der Waals surface area contributed by atoms with E-state index in [1.807, 2.05) is 30.8 Å². The molecule has 0 radical (unpaired) electrons. The number of nitrogens with zero attached hydrogens (tertiary/aromatic N) is 5. The van der Waals surface area contributed by atoms with Crippen molar-refractivity contribution >= 4 is 11.5 Å². The molecule has 1 fully saturated rings. The van der Waals surface area contributed by atoms with Crippen LogP contribution in [0.3, 0.4) is 0 Å². The number of nitrogen functional groups attached to an aromatic ring is 1. The lowest BCUT2D eigenvalue weighted by Gasteiger charge is -2.35. The van der Waals surface area contributed by atoms with Crippen LogP contribution in [0.25, 0.3) is 0 Å². The molecule has 1 aliphatic heterocycles. The summed E-state index contributed by atoms with van der Waals surface area (Å²) in [6.45, 7) is 6.92. The van der Waals surface area contributed by atoms with Crippen LogP contribution in [0.2, 0.25) is 0 Å². The molecule has 112 valence electrons. The highest BCUT2D eigenvalue weighted by Crippen LogP contribution is 2.21. The number of hydrogen-bond acceptors (Lipinski definition) is 5. The third-order valence-corrected chi connectivity index (χ3v) is 3.97. The fourth-order valence-electron chi connectivity index (χ4n) is 2.83. The van der Waals surface area contributed by atoms with Gasteiger partial charge in [0.05, 0.1) is 17.1 Å². The molecule has 0 aliphatic carbocycles. The van der Waals surface area contributed by atoms with E-state index in [1.165, 1.54) is 5.69 Å². The summed E-state index contributed by atoms with van der Waals surface area (Å²) in [4.78, 5) is 9.11. The molecule has 0 amide bonds. The number of nitrogens with two attached hydrogens (primary N) is 1. The maximum Gasteiger partial charge on any atom is 0.151 e. The minimum absolute atomic E-state index is 0.758. The Balaban J connectivity index is 1.60. The fourth-order valence-corrected chi connectivity index (χ4v) is 2.83. The number of anilines is 2. The molecule has 3 heterocycles. The molecule has 2 aromatic rings. The quantitative estimate of drug-likeness (QED) is 0.913. The van der Waals surface area contributed by atoms with Gasteiger partial charge in [-0.15, -0.1) is 0 Å². The molecule has 3 rings (SSSR count). The maximum absolute atomic E-state index is 6.00. The first-order chi connectivity index (χ1) is 10.1. The van der Waals surface area contributed by atoms with Crippen LogP contribution >= 0.6 is 0 Å². The molecule has 0 saturated carbocycles. The van der Waals surface area contributed by atoms with E-state index >= 15 is 0 Å². The van der Waals surface area contributed by atoms with Crippen molar-refractivity contribution in [3.63, 3.8) is 0 Å². The van der Waals surface area contributed by atoms with Gasteiger partial charge in [0.25, 0.3) is 0 Å². The molecule has 6 heteroatoms. The van der Waals surface area contributed by atoms with Gasteiger partial charge >= 0.3 is 0 Å². The SMILES string of the molecule is Cc1cc(CN2CCN(c3ncccc3N)CC2)n(C)n1. The van der Waals surface area contributed by atoms with E-state index in [4.69, 9.17) is 5.73 Å². The molecule has 0 aromatic carbocycles. The Labute approximate surface area is 125 Å². The van der Waals surface area contributed by atoms with Crippen molar-refractivity contribution in [2.75, 3.05) is 36.8 Å². The monoisotopic (exact) mass is 286 g/mol. The highest BCUT2D eigenvalue weighted by atomic mass is 15.3. The third kappa shape index (κ3) is 3.00. The number of piperazine rings is 1. The van der Waals surface area contributed by atoms with Crippen molar-refractivity contribution in [1.29, 1.82) is 0 Å². The van der Waals surface area contributed by atoms with Crippen molar-refractivity contribution in [2.24, 2.45) is 7.05 Å². The van der Waals surface area contributed by atoms with Gasteiger partial charge in [-0.05, 0) is 25.1 Å². The van der Waals surface area contributed by atoms with E-state index in [9.17, 15) is 0 Å². The largest absolute Gasteiger partial charge is 0.396 e. The van der Waals surface area contributed by atoms with Gasteiger partial charge in [0.1, 0.15) is 0 Å². The second-order valence-electron chi connectivity index (χ2n) is 5.58. The summed E-state index contributed by atoms with van der Waals surface area (Å²) in [5.41, 5.74) is 9.10. The maximum atomic E-state index is 6.00. The minimum Gasteiger partial charge on any atom is -0.396 e. The second-order valence-corrected chi connectivity index (χ2v) is 5.58. The van der Waals surface area contributed by atoms with E-state index in [2.05, 4.69) is 25.9 Å². The summed E-state index contributed by atoms with van der Waals surface area (Å²) in [6.07, 6.45) is 1.80. The predicted octanol–water partition coefficient (Wildman–Crippen LogP) is 1.03. The standard InChI is InChI=1S/C15H22N6/c1-12-10-13(19(2)18-12)11-20-6-8-21(9-7-20)15-14(16)4-3-5-17-15/h3-5,10H,6-9,11,16H2,1-2H3. The van der Waals surface area contributed by atoms with Crippen LogP contribution in [0.5, 0.6) is 0 Å². The van der Waals surface area contributed by atoms with Crippen molar-refractivity contribution < 1.29 is 0 Å². The fraction of sp³-hybridized carbons (Fsp3) is 0.467. The van der Waals surface area contributed by atoms with Gasteiger partial charge in [-0.2, -0.15) is 5.10 Å². The summed E-state index contributed by atoms with van der Waals surface area (Å²) in [7, 11) is 2.01. The summed E-state index contributed by atoms with van der Waals surface area (Å²) < 4.78 is 1.97. The molecule has 0 unspecified atom stereocenters. The van der Waals surface area contributed by atoms with Gasteiger partial charge in [-0.1, -0.05) is 0 Å². The Morgan fingerprint density at radius 1 is 1.24 bits per heavy atom. The molecule has 0 atom stereocenters. The minimum atomic E-state index is 0.758. The highest BCUT2D eigenvalue weighted by Gasteiger charge is 2.20. The molecule has 6 nitrogen and oxygen atoms in total. The first-order valence-corrected chi connectivity index (χ1v) is 7.31. The Morgan fingerprint density at radius 3 is 2.62 bits per heavy atom. The zero-order chi connectivity index (χ0) is 14.8. The second kappa shape index (κ2) is 5.73. The van der Waals surface area contributed by atoms with Gasteiger partial charge in [0.15, 0.2) is 5.82 Å². The number of hydrogen-bond donors (Lipinski definition) is 1. The number of aromatic nitrogens is 3. The van der Waals surface area contributed by atoms with E-state index < -0.39 is 0 Å².